The number of methoxy groups -OCH3 is 2. The number of hydrogen-bond acceptors (Lipinski definition) is 12. The molecule has 9 rings (SSSR count). The highest BCUT2D eigenvalue weighted by molar-refractivity contribution is 8.77. The summed E-state index contributed by atoms with van der Waals surface area (Å²) in [4.78, 5) is 58.1. The molecule has 1 unspecified atom stereocenters. The summed E-state index contributed by atoms with van der Waals surface area (Å²) in [6.07, 6.45) is 5.63. The Balaban J connectivity index is 0.894. The molecule has 14 nitrogen and oxygen atoms in total. The van der Waals surface area contributed by atoms with Crippen LogP contribution < -0.4 is 50.0 Å². The van der Waals surface area contributed by atoms with Crippen molar-refractivity contribution in [1.82, 2.24) is 5.32 Å². The number of nitrogens with zero attached hydrogens (tertiary/aromatic N) is 2. The molecular weight excluding hydrogens is 961 g/mol. The lowest BCUT2D eigenvalue weighted by atomic mass is 10.1. The van der Waals surface area contributed by atoms with Crippen LogP contribution in [-0.4, -0.2) is 79.6 Å². The summed E-state index contributed by atoms with van der Waals surface area (Å²) in [6, 6.07) is 29.1. The van der Waals surface area contributed by atoms with E-state index in [-0.39, 0.29) is 59.7 Å². The third kappa shape index (κ3) is 11.7. The van der Waals surface area contributed by atoms with Gasteiger partial charge in [-0.05, 0) is 117 Å². The summed E-state index contributed by atoms with van der Waals surface area (Å²) in [6.45, 7) is 9.87. The van der Waals surface area contributed by atoms with E-state index in [2.05, 4.69) is 61.1 Å². The lowest BCUT2D eigenvalue weighted by Gasteiger charge is -2.23. The topological polar surface area (TPSA) is 160 Å². The second-order valence-electron chi connectivity index (χ2n) is 19.7. The average Bonchev–Trinajstić information content (AvgIpc) is 3.89. The lowest BCUT2D eigenvalue weighted by molar-refractivity contribution is -0.122. The average molecular weight is 1030 g/mol. The van der Waals surface area contributed by atoms with Crippen molar-refractivity contribution in [3.8, 4) is 23.0 Å². The summed E-state index contributed by atoms with van der Waals surface area (Å²) in [5.41, 5.74) is 8.62. The Morgan fingerprint density at radius 3 is 1.73 bits per heavy atom. The molecule has 384 valence electrons. The Morgan fingerprint density at radius 2 is 1.22 bits per heavy atom. The number of anilines is 5. The monoisotopic (exact) mass is 1030 g/mol. The van der Waals surface area contributed by atoms with Gasteiger partial charge in [0.25, 0.3) is 11.8 Å². The number of ether oxygens (including phenoxy) is 4. The first-order chi connectivity index (χ1) is 35.3. The van der Waals surface area contributed by atoms with E-state index in [1.807, 2.05) is 76.5 Å². The van der Waals surface area contributed by atoms with Crippen LogP contribution in [0.2, 0.25) is 0 Å². The van der Waals surface area contributed by atoms with Crippen molar-refractivity contribution in [1.29, 1.82) is 0 Å². The van der Waals surface area contributed by atoms with Crippen molar-refractivity contribution in [2.24, 2.45) is 0 Å². The first-order valence-electron chi connectivity index (χ1n) is 25.4. The van der Waals surface area contributed by atoms with Gasteiger partial charge in [0.1, 0.15) is 13.2 Å². The van der Waals surface area contributed by atoms with Gasteiger partial charge in [-0.15, -0.1) is 0 Å². The van der Waals surface area contributed by atoms with Gasteiger partial charge >= 0.3 is 0 Å². The zero-order valence-electron chi connectivity index (χ0n) is 42.6. The number of carbonyl (C=O) groups is 4. The van der Waals surface area contributed by atoms with Crippen molar-refractivity contribution >= 4 is 73.7 Å². The Labute approximate surface area is 436 Å². The van der Waals surface area contributed by atoms with Gasteiger partial charge in [-0.25, -0.2) is 0 Å². The van der Waals surface area contributed by atoms with E-state index < -0.39 is 0 Å². The normalized spacial score (nSPS) is 16.4. The van der Waals surface area contributed by atoms with E-state index in [9.17, 15) is 19.2 Å². The third-order valence-electron chi connectivity index (χ3n) is 14.1. The SMILES string of the molecule is CCC(CC)NC(=O)CCC(C)(C)SSCCCC(=O)Nc1cc(COc2cc3c(cc2OC)C(=O)N2c4ccccc4CC2CN3)cc(COc2cc3c(cc2OC)C(=O)N2c4ccccc4C[C@H]2CN3)c1. The highest BCUT2D eigenvalue weighted by Crippen LogP contribution is 2.43. The van der Waals surface area contributed by atoms with Crippen molar-refractivity contribution in [2.75, 3.05) is 58.8 Å². The molecule has 73 heavy (non-hydrogen) atoms. The fraction of sp³-hybridized carbons (Fsp3) is 0.404. The van der Waals surface area contributed by atoms with Crippen LogP contribution in [0.4, 0.5) is 28.4 Å². The minimum atomic E-state index is -0.120. The summed E-state index contributed by atoms with van der Waals surface area (Å²) in [5, 5.41) is 13.3. The van der Waals surface area contributed by atoms with Crippen LogP contribution in [0.1, 0.15) is 109 Å². The minimum absolute atomic E-state index is 0.0219. The summed E-state index contributed by atoms with van der Waals surface area (Å²) in [7, 11) is 6.60. The molecule has 0 saturated carbocycles. The largest absolute Gasteiger partial charge is 0.493 e. The van der Waals surface area contributed by atoms with E-state index in [4.69, 9.17) is 18.9 Å². The number of hydrogen-bond donors (Lipinski definition) is 4. The Morgan fingerprint density at radius 1 is 0.699 bits per heavy atom. The molecule has 4 heterocycles. The maximum absolute atomic E-state index is 14.1. The fourth-order valence-electron chi connectivity index (χ4n) is 10.1. The molecule has 0 aromatic heterocycles. The van der Waals surface area contributed by atoms with E-state index >= 15 is 0 Å². The first-order valence-corrected chi connectivity index (χ1v) is 27.7. The van der Waals surface area contributed by atoms with Gasteiger partial charge in [0, 0.05) is 71.7 Å². The number of fused-ring (bicyclic) bond motifs is 8. The van der Waals surface area contributed by atoms with Crippen LogP contribution in [0.25, 0.3) is 0 Å². The molecule has 0 saturated heterocycles. The number of carbonyl (C=O) groups excluding carboxylic acids is 4. The van der Waals surface area contributed by atoms with Crippen LogP contribution in [0.3, 0.4) is 0 Å². The highest BCUT2D eigenvalue weighted by Gasteiger charge is 2.39. The molecule has 0 radical (unpaired) electrons. The quantitative estimate of drug-likeness (QED) is 0.0408. The second-order valence-corrected chi connectivity index (χ2v) is 22.8. The number of benzene rings is 5. The maximum Gasteiger partial charge on any atom is 0.260 e. The second kappa shape index (κ2) is 22.7. The fourth-order valence-corrected chi connectivity index (χ4v) is 12.8. The molecule has 0 spiro atoms. The van der Waals surface area contributed by atoms with Crippen molar-refractivity contribution < 1.29 is 38.1 Å². The van der Waals surface area contributed by atoms with Crippen LogP contribution in [0, 0.1) is 0 Å². The van der Waals surface area contributed by atoms with E-state index in [0.29, 0.717) is 83.5 Å². The lowest BCUT2D eigenvalue weighted by Crippen LogP contribution is -2.39. The molecule has 0 fully saturated rings. The Bertz CT molecular complexity index is 2720. The smallest absolute Gasteiger partial charge is 0.260 e. The van der Waals surface area contributed by atoms with E-state index in [1.165, 1.54) is 0 Å². The predicted molar refractivity (Wildman–Crippen MR) is 293 cm³/mol. The highest BCUT2D eigenvalue weighted by atomic mass is 33.1. The van der Waals surface area contributed by atoms with Gasteiger partial charge in [-0.2, -0.15) is 0 Å². The maximum atomic E-state index is 14.1. The van der Waals surface area contributed by atoms with E-state index in [1.54, 1.807) is 47.9 Å². The van der Waals surface area contributed by atoms with Crippen molar-refractivity contribution in [3.05, 3.63) is 124 Å². The molecule has 5 aromatic carbocycles. The molecule has 4 aliphatic rings. The zero-order valence-corrected chi connectivity index (χ0v) is 44.2. The van der Waals surface area contributed by atoms with E-state index in [0.717, 1.165) is 71.5 Å². The van der Waals surface area contributed by atoms with Gasteiger partial charge in [0.2, 0.25) is 11.8 Å². The zero-order chi connectivity index (χ0) is 51.2. The Kier molecular flexibility index (Phi) is 16.0. The number of nitrogens with one attached hydrogen (secondary N) is 4. The van der Waals surface area contributed by atoms with Gasteiger partial charge < -0.3 is 50.0 Å². The molecule has 4 N–H and O–H groups in total. The number of rotatable bonds is 21. The molecule has 4 amide bonds. The third-order valence-corrected chi connectivity index (χ3v) is 17.5. The number of amides is 4. The predicted octanol–water partition coefficient (Wildman–Crippen LogP) is 10.8. The summed E-state index contributed by atoms with van der Waals surface area (Å²) < 4.78 is 24.6. The van der Waals surface area contributed by atoms with Gasteiger partial charge in [-0.3, -0.25) is 19.2 Å². The van der Waals surface area contributed by atoms with Gasteiger partial charge in [0.15, 0.2) is 23.0 Å². The van der Waals surface area contributed by atoms with Gasteiger partial charge in [-0.1, -0.05) is 71.8 Å². The molecule has 4 aliphatic heterocycles. The molecule has 5 aromatic rings. The molecule has 16 heteroatoms. The molecular formula is C57H66N6O8S2. The van der Waals surface area contributed by atoms with Crippen molar-refractivity contribution in [3.63, 3.8) is 0 Å². The minimum Gasteiger partial charge on any atom is -0.493 e. The molecule has 2 atom stereocenters. The molecule has 0 aliphatic carbocycles. The molecule has 0 bridgehead atoms. The van der Waals surface area contributed by atoms with Crippen LogP contribution in [-0.2, 0) is 35.6 Å². The first kappa shape index (κ1) is 51.4. The van der Waals surface area contributed by atoms with Crippen molar-refractivity contribution in [2.45, 2.75) is 115 Å². The van der Waals surface area contributed by atoms with Crippen LogP contribution in [0.5, 0.6) is 23.0 Å². The number of para-hydroxylation sites is 2. The van der Waals surface area contributed by atoms with Crippen LogP contribution >= 0.6 is 21.6 Å². The van der Waals surface area contributed by atoms with Gasteiger partial charge in [0.05, 0.1) is 48.8 Å². The van der Waals surface area contributed by atoms with Crippen LogP contribution in [0.15, 0.2) is 91.0 Å². The Hall–Kier alpha value is -6.52. The standard InChI is InChI=1S/C57H66N6O8S2/c1-7-39(8-2)60-54(65)19-20-57(3,4)73-72-21-13-18-53(64)61-40-23-35(33-70-51-29-45-43(27-49(51)68-5)55(66)62-41(31-58-45)25-37-14-9-11-16-47(37)62)22-36(24-40)34-71-52-30-46-44(28-50(52)69-6)56(67)63-42(32-59-46)26-38-15-10-12-17-48(38)63/h9-12,14-17,22-24,27-30,39,41-42,58-59H,7-8,13,18-21,25-26,31-34H2,1-6H3,(H,60,65)(H,61,64)/t41-,42?/m0/s1. The summed E-state index contributed by atoms with van der Waals surface area (Å²) in [5.74, 6) is 2.32. The summed E-state index contributed by atoms with van der Waals surface area (Å²) >= 11 is 0.